The second kappa shape index (κ2) is 5.85. The summed E-state index contributed by atoms with van der Waals surface area (Å²) >= 11 is 6.09. The van der Waals surface area contributed by atoms with E-state index in [0.29, 0.717) is 10.7 Å². The summed E-state index contributed by atoms with van der Waals surface area (Å²) in [6, 6.07) is 15.2. The van der Waals surface area contributed by atoms with Crippen molar-refractivity contribution in [3.8, 4) is 0 Å². The smallest absolute Gasteiger partial charge is 0.272 e. The van der Waals surface area contributed by atoms with Crippen molar-refractivity contribution < 1.29 is 4.79 Å². The number of carbonyl (C=O) groups excluding carboxylic acids is 1. The van der Waals surface area contributed by atoms with Crippen molar-refractivity contribution in [3.63, 3.8) is 0 Å². The summed E-state index contributed by atoms with van der Waals surface area (Å²) in [4.78, 5) is 12.7. The Hall–Kier alpha value is -2.26. The number of hydrogen-bond acceptors (Lipinski definition) is 1. The van der Waals surface area contributed by atoms with Gasteiger partial charge in [0.05, 0.1) is 0 Å². The van der Waals surface area contributed by atoms with E-state index in [9.17, 15) is 4.79 Å². The van der Waals surface area contributed by atoms with Crippen molar-refractivity contribution in [2.45, 2.75) is 20.4 Å². The maximum absolute atomic E-state index is 12.7. The standard InChI is InChI=1S/C18H17ClN2O/c1-3-21-16-10-9-13(19)11-15(16)12(2)17(21)18(22)20-14-7-5-4-6-8-14/h4-11H,3H2,1-2H3,(H,20,22). The van der Waals surface area contributed by atoms with E-state index in [1.165, 1.54) is 0 Å². The third kappa shape index (κ3) is 2.48. The van der Waals surface area contributed by atoms with Gasteiger partial charge in [0.15, 0.2) is 0 Å². The second-order valence-electron chi connectivity index (χ2n) is 5.20. The van der Waals surface area contributed by atoms with Crippen LogP contribution >= 0.6 is 11.6 Å². The Morgan fingerprint density at radius 1 is 1.18 bits per heavy atom. The number of nitrogens with zero attached hydrogens (tertiary/aromatic N) is 1. The lowest BCUT2D eigenvalue weighted by molar-refractivity contribution is 0.101. The molecule has 112 valence electrons. The molecule has 0 aliphatic carbocycles. The van der Waals surface area contributed by atoms with E-state index in [2.05, 4.69) is 5.32 Å². The SMILES string of the molecule is CCn1c(C(=O)Nc2ccccc2)c(C)c2cc(Cl)ccc21. The Kier molecular flexibility index (Phi) is 3.90. The van der Waals surface area contributed by atoms with E-state index < -0.39 is 0 Å². The zero-order chi connectivity index (χ0) is 15.7. The molecule has 0 atom stereocenters. The van der Waals surface area contributed by atoms with E-state index in [-0.39, 0.29) is 5.91 Å². The number of anilines is 1. The Bertz CT molecular complexity index is 837. The van der Waals surface area contributed by atoms with Crippen LogP contribution in [0.15, 0.2) is 48.5 Å². The number of nitrogens with one attached hydrogen (secondary N) is 1. The van der Waals surface area contributed by atoms with E-state index >= 15 is 0 Å². The molecule has 0 spiro atoms. The van der Waals surface area contributed by atoms with Gasteiger partial charge in [0, 0.05) is 28.2 Å². The number of fused-ring (bicyclic) bond motifs is 1. The monoisotopic (exact) mass is 312 g/mol. The van der Waals surface area contributed by atoms with Crippen molar-refractivity contribution in [2.24, 2.45) is 0 Å². The first-order chi connectivity index (χ1) is 10.6. The minimum absolute atomic E-state index is 0.0992. The number of benzene rings is 2. The molecule has 0 aliphatic rings. The molecule has 1 amide bonds. The molecule has 0 fully saturated rings. The van der Waals surface area contributed by atoms with Crippen LogP contribution in [-0.2, 0) is 6.54 Å². The topological polar surface area (TPSA) is 34.0 Å². The van der Waals surface area contributed by atoms with Crippen molar-refractivity contribution >= 4 is 34.1 Å². The molecule has 1 aromatic heterocycles. The van der Waals surface area contributed by atoms with Crippen molar-refractivity contribution in [1.82, 2.24) is 4.57 Å². The largest absolute Gasteiger partial charge is 0.337 e. The second-order valence-corrected chi connectivity index (χ2v) is 5.64. The fourth-order valence-electron chi connectivity index (χ4n) is 2.83. The van der Waals surface area contributed by atoms with Gasteiger partial charge in [-0.1, -0.05) is 29.8 Å². The first-order valence-corrected chi connectivity index (χ1v) is 7.64. The minimum Gasteiger partial charge on any atom is -0.337 e. The van der Waals surface area contributed by atoms with Crippen molar-refractivity contribution in [2.75, 3.05) is 5.32 Å². The van der Waals surface area contributed by atoms with E-state index in [4.69, 9.17) is 11.6 Å². The third-order valence-corrected chi connectivity index (χ3v) is 4.08. The Labute approximate surface area is 134 Å². The Balaban J connectivity index is 2.09. The quantitative estimate of drug-likeness (QED) is 0.735. The van der Waals surface area contributed by atoms with Gasteiger partial charge in [-0.3, -0.25) is 4.79 Å². The minimum atomic E-state index is -0.0992. The summed E-state index contributed by atoms with van der Waals surface area (Å²) < 4.78 is 2.03. The molecule has 0 unspecified atom stereocenters. The molecule has 3 aromatic rings. The molecule has 0 bridgehead atoms. The Morgan fingerprint density at radius 3 is 2.59 bits per heavy atom. The molecular formula is C18H17ClN2O. The lowest BCUT2D eigenvalue weighted by atomic mass is 10.1. The highest BCUT2D eigenvalue weighted by Gasteiger charge is 2.19. The van der Waals surface area contributed by atoms with Crippen LogP contribution < -0.4 is 5.32 Å². The predicted molar refractivity (Wildman–Crippen MR) is 91.8 cm³/mol. The number of amides is 1. The number of hydrogen-bond donors (Lipinski definition) is 1. The molecule has 0 saturated carbocycles. The summed E-state index contributed by atoms with van der Waals surface area (Å²) in [5, 5.41) is 4.66. The summed E-state index contributed by atoms with van der Waals surface area (Å²) in [7, 11) is 0. The van der Waals surface area contributed by atoms with Gasteiger partial charge < -0.3 is 9.88 Å². The molecule has 22 heavy (non-hydrogen) atoms. The number of para-hydroxylation sites is 1. The molecule has 3 rings (SSSR count). The Morgan fingerprint density at radius 2 is 1.91 bits per heavy atom. The zero-order valence-corrected chi connectivity index (χ0v) is 13.3. The summed E-state index contributed by atoms with van der Waals surface area (Å²) in [5.74, 6) is -0.0992. The molecule has 3 nitrogen and oxygen atoms in total. The highest BCUT2D eigenvalue weighted by molar-refractivity contribution is 6.31. The molecule has 1 heterocycles. The maximum atomic E-state index is 12.7. The van der Waals surface area contributed by atoms with Gasteiger partial charge in [-0.05, 0) is 49.7 Å². The van der Waals surface area contributed by atoms with Crippen LogP contribution in [0.2, 0.25) is 5.02 Å². The van der Waals surface area contributed by atoms with Crippen LogP contribution in [0.5, 0.6) is 0 Å². The van der Waals surface area contributed by atoms with Crippen LogP contribution in [-0.4, -0.2) is 10.5 Å². The van der Waals surface area contributed by atoms with Gasteiger partial charge in [-0.15, -0.1) is 0 Å². The first kappa shape index (κ1) is 14.7. The van der Waals surface area contributed by atoms with Gasteiger partial charge in [0.1, 0.15) is 5.69 Å². The third-order valence-electron chi connectivity index (χ3n) is 3.84. The van der Waals surface area contributed by atoms with Crippen molar-refractivity contribution in [3.05, 3.63) is 64.8 Å². The highest BCUT2D eigenvalue weighted by atomic mass is 35.5. The molecule has 1 N–H and O–H groups in total. The molecule has 2 aromatic carbocycles. The number of aromatic nitrogens is 1. The van der Waals surface area contributed by atoms with E-state index in [0.717, 1.165) is 28.7 Å². The first-order valence-electron chi connectivity index (χ1n) is 7.26. The molecular weight excluding hydrogens is 296 g/mol. The van der Waals surface area contributed by atoms with Gasteiger partial charge in [0.2, 0.25) is 0 Å². The van der Waals surface area contributed by atoms with Gasteiger partial charge in [-0.2, -0.15) is 0 Å². The molecule has 0 aliphatic heterocycles. The number of carbonyl (C=O) groups is 1. The fraction of sp³-hybridized carbons (Fsp3) is 0.167. The average molecular weight is 313 g/mol. The van der Waals surface area contributed by atoms with Crippen LogP contribution in [0.3, 0.4) is 0 Å². The van der Waals surface area contributed by atoms with Gasteiger partial charge >= 0.3 is 0 Å². The van der Waals surface area contributed by atoms with Crippen molar-refractivity contribution in [1.29, 1.82) is 0 Å². The fourth-order valence-corrected chi connectivity index (χ4v) is 3.00. The van der Waals surface area contributed by atoms with Crippen LogP contribution in [0, 0.1) is 6.92 Å². The van der Waals surface area contributed by atoms with Crippen LogP contribution in [0.25, 0.3) is 10.9 Å². The maximum Gasteiger partial charge on any atom is 0.272 e. The highest BCUT2D eigenvalue weighted by Crippen LogP contribution is 2.28. The average Bonchev–Trinajstić information content (AvgIpc) is 2.80. The molecule has 0 saturated heterocycles. The number of halogens is 1. The lowest BCUT2D eigenvalue weighted by Gasteiger charge is -2.09. The van der Waals surface area contributed by atoms with E-state index in [1.54, 1.807) is 0 Å². The summed E-state index contributed by atoms with van der Waals surface area (Å²) in [6.45, 7) is 4.72. The molecule has 0 radical (unpaired) electrons. The lowest BCUT2D eigenvalue weighted by Crippen LogP contribution is -2.17. The van der Waals surface area contributed by atoms with E-state index in [1.807, 2.05) is 66.9 Å². The summed E-state index contributed by atoms with van der Waals surface area (Å²) in [5.41, 5.74) is 3.46. The zero-order valence-electron chi connectivity index (χ0n) is 12.6. The predicted octanol–water partition coefficient (Wildman–Crippen LogP) is 4.88. The number of aryl methyl sites for hydroxylation is 2. The van der Waals surface area contributed by atoms with Crippen LogP contribution in [0.4, 0.5) is 5.69 Å². The normalized spacial score (nSPS) is 10.9. The van der Waals surface area contributed by atoms with Gasteiger partial charge in [0.25, 0.3) is 5.91 Å². The molecule has 4 heteroatoms. The number of rotatable bonds is 3. The van der Waals surface area contributed by atoms with Gasteiger partial charge in [-0.25, -0.2) is 0 Å². The van der Waals surface area contributed by atoms with Crippen LogP contribution in [0.1, 0.15) is 23.0 Å². The summed E-state index contributed by atoms with van der Waals surface area (Å²) in [6.07, 6.45) is 0.